The van der Waals surface area contributed by atoms with Gasteiger partial charge >= 0.3 is 6.11 Å². The van der Waals surface area contributed by atoms with Crippen LogP contribution in [-0.2, 0) is 11.2 Å². The van der Waals surface area contributed by atoms with Crippen LogP contribution in [0.15, 0.2) is 36.8 Å². The maximum absolute atomic E-state index is 13.2. The Morgan fingerprint density at radius 2 is 2.00 bits per heavy atom. The summed E-state index contributed by atoms with van der Waals surface area (Å²) in [5.41, 5.74) is 7.89. The summed E-state index contributed by atoms with van der Waals surface area (Å²) in [6.07, 6.45) is 0.0681. The average Bonchev–Trinajstić information content (AvgIpc) is 3.58. The number of alkyl halides is 2. The van der Waals surface area contributed by atoms with Gasteiger partial charge in [0.05, 0.1) is 16.4 Å². The Morgan fingerprint density at radius 3 is 2.74 bits per heavy atom. The molecule has 13 heteroatoms. The lowest BCUT2D eigenvalue weighted by molar-refractivity contribution is -0.158. The van der Waals surface area contributed by atoms with Crippen LogP contribution in [0, 0.1) is 5.92 Å². The number of aliphatic hydroxyl groups excluding tert-OH is 2. The number of nitrogens with one attached hydrogen (secondary N) is 1. The van der Waals surface area contributed by atoms with E-state index >= 15 is 0 Å². The summed E-state index contributed by atoms with van der Waals surface area (Å²) >= 11 is 0. The molecule has 1 aliphatic carbocycles. The van der Waals surface area contributed by atoms with Gasteiger partial charge in [0.2, 0.25) is 0 Å². The average molecular weight is 586 g/mol. The van der Waals surface area contributed by atoms with Crippen molar-refractivity contribution < 1.29 is 28.5 Å². The number of hydrogen-bond donors (Lipinski definition) is 4. The third kappa shape index (κ3) is 5.65. The highest BCUT2D eigenvalue weighted by atomic mass is 19.3. The van der Waals surface area contributed by atoms with Crippen LogP contribution >= 0.6 is 0 Å². The van der Waals surface area contributed by atoms with E-state index in [4.69, 9.17) is 10.5 Å². The van der Waals surface area contributed by atoms with Crippen LogP contribution in [0.25, 0.3) is 22.1 Å². The number of hydrogen-bond acceptors (Lipinski definition) is 9. The van der Waals surface area contributed by atoms with Crippen molar-refractivity contribution in [3.8, 4) is 5.75 Å². The molecular weight excluding hydrogens is 548 g/mol. The summed E-state index contributed by atoms with van der Waals surface area (Å²) in [5.74, 6) is 1.77. The predicted octanol–water partition coefficient (Wildman–Crippen LogP) is 3.62. The van der Waals surface area contributed by atoms with Gasteiger partial charge in [0.15, 0.2) is 6.23 Å². The van der Waals surface area contributed by atoms with Crippen molar-refractivity contribution in [2.75, 3.05) is 12.3 Å². The number of nitrogens with two attached hydrogens (primary N) is 1. The Balaban J connectivity index is 1.04. The van der Waals surface area contributed by atoms with E-state index in [9.17, 15) is 19.0 Å². The zero-order valence-corrected chi connectivity index (χ0v) is 23.8. The molecule has 1 saturated heterocycles. The maximum Gasteiger partial charge on any atom is 0.394 e. The van der Waals surface area contributed by atoms with Gasteiger partial charge in [-0.3, -0.25) is 4.90 Å². The van der Waals surface area contributed by atoms with Crippen molar-refractivity contribution in [1.82, 2.24) is 29.4 Å². The molecule has 5 N–H and O–H groups in total. The van der Waals surface area contributed by atoms with Crippen LogP contribution in [0.5, 0.6) is 5.75 Å². The molecule has 4 atom stereocenters. The van der Waals surface area contributed by atoms with Gasteiger partial charge in [0.25, 0.3) is 0 Å². The molecule has 1 saturated carbocycles. The van der Waals surface area contributed by atoms with Gasteiger partial charge in [0, 0.05) is 44.2 Å². The number of ether oxygens (including phenoxy) is 2. The van der Waals surface area contributed by atoms with Crippen molar-refractivity contribution in [3.05, 3.63) is 42.6 Å². The Morgan fingerprint density at radius 1 is 1.21 bits per heavy atom. The normalized spacial score (nSPS) is 26.5. The number of nitrogens with zero attached hydrogens (tertiary/aromatic N) is 5. The second kappa shape index (κ2) is 11.0. The van der Waals surface area contributed by atoms with E-state index in [1.165, 1.54) is 18.5 Å². The number of benzene rings is 1. The molecule has 0 amide bonds. The van der Waals surface area contributed by atoms with E-state index in [-0.39, 0.29) is 11.8 Å². The molecule has 2 fully saturated rings. The molecule has 4 aromatic rings. The second-order valence-electron chi connectivity index (χ2n) is 11.9. The van der Waals surface area contributed by atoms with Crippen LogP contribution in [0.3, 0.4) is 0 Å². The predicted molar refractivity (Wildman–Crippen MR) is 152 cm³/mol. The summed E-state index contributed by atoms with van der Waals surface area (Å²) in [7, 11) is 0. The van der Waals surface area contributed by atoms with E-state index in [1.54, 1.807) is 22.9 Å². The third-order valence-corrected chi connectivity index (χ3v) is 8.48. The van der Waals surface area contributed by atoms with Gasteiger partial charge in [-0.2, -0.15) is 8.78 Å². The first-order valence-electron chi connectivity index (χ1n) is 14.4. The van der Waals surface area contributed by atoms with Crippen molar-refractivity contribution in [2.45, 2.75) is 89.2 Å². The van der Waals surface area contributed by atoms with Crippen molar-refractivity contribution in [1.29, 1.82) is 0 Å². The summed E-state index contributed by atoms with van der Waals surface area (Å²) in [6.45, 7) is 5.45. The Hall–Kier alpha value is -3.39. The number of nitrogen functional groups attached to an aromatic ring is 1. The molecule has 0 spiro atoms. The van der Waals surface area contributed by atoms with Crippen LogP contribution in [0.4, 0.5) is 14.6 Å². The largest absolute Gasteiger partial charge is 0.433 e. The summed E-state index contributed by atoms with van der Waals surface area (Å²) in [6, 6.07) is 7.08. The fraction of sp³-hybridized carbons (Fsp3) is 0.552. The lowest BCUT2D eigenvalue weighted by Crippen LogP contribution is -2.52. The zero-order chi connectivity index (χ0) is 29.8. The van der Waals surface area contributed by atoms with E-state index in [0.717, 1.165) is 37.0 Å². The lowest BCUT2D eigenvalue weighted by atomic mass is 9.76. The second-order valence-corrected chi connectivity index (χ2v) is 11.9. The minimum absolute atomic E-state index is 0.0826. The maximum atomic E-state index is 13.2. The van der Waals surface area contributed by atoms with Gasteiger partial charge in [-0.05, 0) is 57.2 Å². The fourth-order valence-corrected chi connectivity index (χ4v) is 6.27. The number of aromatic amines is 1. The molecule has 226 valence electrons. The first-order chi connectivity index (χ1) is 20.0. The monoisotopic (exact) mass is 585 g/mol. The minimum atomic E-state index is -3.25. The Labute approximate surface area is 241 Å². The summed E-state index contributed by atoms with van der Waals surface area (Å²) in [4.78, 5) is 18.5. The SMILES string of the molecule is CC(C)N(C[C@H]1O[C@@H](n2ccc3c(N)ncnc32)[C@H](O)[C@@H]1O)[C@H]1C[C@@H](CCc2nc3cc(OC(C)(F)F)ccc3[nH]2)C1. The van der Waals surface area contributed by atoms with Gasteiger partial charge < -0.3 is 35.0 Å². The van der Waals surface area contributed by atoms with E-state index in [1.807, 2.05) is 0 Å². The van der Waals surface area contributed by atoms with Gasteiger partial charge in [0.1, 0.15) is 47.7 Å². The number of anilines is 1. The molecule has 42 heavy (non-hydrogen) atoms. The quantitative estimate of drug-likeness (QED) is 0.219. The molecule has 0 bridgehead atoms. The minimum Gasteiger partial charge on any atom is -0.433 e. The van der Waals surface area contributed by atoms with Crippen LogP contribution in [-0.4, -0.2) is 82.7 Å². The smallest absolute Gasteiger partial charge is 0.394 e. The highest BCUT2D eigenvalue weighted by Crippen LogP contribution is 2.38. The first-order valence-corrected chi connectivity index (χ1v) is 14.4. The number of imidazole rings is 1. The van der Waals surface area contributed by atoms with Crippen molar-refractivity contribution in [2.24, 2.45) is 5.92 Å². The molecular formula is C29H37F2N7O4. The Bertz CT molecular complexity index is 1550. The van der Waals surface area contributed by atoms with Crippen LogP contribution < -0.4 is 10.5 Å². The molecule has 1 aromatic carbocycles. The van der Waals surface area contributed by atoms with Gasteiger partial charge in [-0.15, -0.1) is 0 Å². The highest BCUT2D eigenvalue weighted by molar-refractivity contribution is 5.86. The van der Waals surface area contributed by atoms with Crippen LogP contribution in [0.2, 0.25) is 0 Å². The highest BCUT2D eigenvalue weighted by Gasteiger charge is 2.46. The molecule has 4 heterocycles. The third-order valence-electron chi connectivity index (χ3n) is 8.48. The Kier molecular flexibility index (Phi) is 7.54. The van der Waals surface area contributed by atoms with Crippen molar-refractivity contribution in [3.63, 3.8) is 0 Å². The molecule has 11 nitrogen and oxygen atoms in total. The van der Waals surface area contributed by atoms with Crippen molar-refractivity contribution >= 4 is 27.9 Å². The number of fused-ring (bicyclic) bond motifs is 2. The number of halogens is 2. The summed E-state index contributed by atoms with van der Waals surface area (Å²) in [5, 5.41) is 22.5. The van der Waals surface area contributed by atoms with E-state index in [2.05, 4.69) is 43.4 Å². The van der Waals surface area contributed by atoms with E-state index < -0.39 is 30.6 Å². The lowest BCUT2D eigenvalue weighted by Gasteiger charge is -2.46. The molecule has 3 aromatic heterocycles. The van der Waals surface area contributed by atoms with Gasteiger partial charge in [-0.1, -0.05) is 0 Å². The zero-order valence-electron chi connectivity index (χ0n) is 23.8. The van der Waals surface area contributed by atoms with E-state index in [0.29, 0.717) is 47.8 Å². The van der Waals surface area contributed by atoms with Gasteiger partial charge in [-0.25, -0.2) is 15.0 Å². The standard InChI is InChI=1S/C29H37F2N7O4/c1-15(2)38(13-22-24(39)25(40)28(41-22)37-9-8-19-26(32)33-14-34-27(19)37)17-10-16(11-17)4-7-23-35-20-6-5-18(12-21(20)36-23)42-29(3,30)31/h5-6,8-9,12,14-17,22,24-25,28,39-40H,4,7,10-11,13H2,1-3H3,(H,35,36)(H2,32,33,34)/t16-,17+,22-,24-,25-,28-/m1/s1. The fourth-order valence-electron chi connectivity index (χ4n) is 6.27. The topological polar surface area (TPSA) is 148 Å². The number of H-pyrrole nitrogens is 1. The first kappa shape index (κ1) is 28.7. The number of aryl methyl sites for hydroxylation is 1. The number of rotatable bonds is 10. The number of aromatic nitrogens is 5. The molecule has 6 rings (SSSR count). The molecule has 1 aliphatic heterocycles. The summed E-state index contributed by atoms with van der Waals surface area (Å²) < 4.78 is 39.0. The molecule has 0 unspecified atom stereocenters. The molecule has 2 aliphatic rings. The number of aliphatic hydroxyl groups is 2. The molecule has 0 radical (unpaired) electrons. The van der Waals surface area contributed by atoms with Crippen LogP contribution in [0.1, 0.15) is 52.1 Å².